The van der Waals surface area contributed by atoms with Crippen LogP contribution in [0.3, 0.4) is 0 Å². The Bertz CT molecular complexity index is 388. The zero-order valence-electron chi connectivity index (χ0n) is 12.1. The number of allylic oxidation sites excluding steroid dienone is 1. The molecule has 1 unspecified atom stereocenters. The van der Waals surface area contributed by atoms with Crippen LogP contribution >= 0.6 is 0 Å². The molecule has 1 aromatic rings. The van der Waals surface area contributed by atoms with Gasteiger partial charge in [-0.15, -0.1) is 0 Å². The van der Waals surface area contributed by atoms with Gasteiger partial charge in [-0.1, -0.05) is 43.3 Å². The number of hydrogen-bond acceptors (Lipinski definition) is 2. The molecule has 104 valence electrons. The lowest BCUT2D eigenvalue weighted by atomic mass is 9.96. The molecule has 1 heterocycles. The highest BCUT2D eigenvalue weighted by molar-refractivity contribution is 5.23. The van der Waals surface area contributed by atoms with Gasteiger partial charge in [0.1, 0.15) is 0 Å². The number of benzene rings is 1. The zero-order valence-corrected chi connectivity index (χ0v) is 12.1. The number of methoxy groups -OCH3 is 1. The van der Waals surface area contributed by atoms with E-state index in [-0.39, 0.29) is 0 Å². The van der Waals surface area contributed by atoms with E-state index in [1.54, 1.807) is 7.11 Å². The highest BCUT2D eigenvalue weighted by Gasteiger charge is 2.21. The summed E-state index contributed by atoms with van der Waals surface area (Å²) in [5.74, 6) is 0.519. The van der Waals surface area contributed by atoms with Crippen molar-refractivity contribution in [2.45, 2.75) is 38.1 Å². The van der Waals surface area contributed by atoms with E-state index in [2.05, 4.69) is 54.4 Å². The van der Waals surface area contributed by atoms with E-state index in [0.717, 1.165) is 19.6 Å². The minimum absolute atomic E-state index is 0.519. The fourth-order valence-electron chi connectivity index (χ4n) is 2.82. The van der Waals surface area contributed by atoms with Gasteiger partial charge in [-0.05, 0) is 31.0 Å². The molecule has 2 rings (SSSR count). The van der Waals surface area contributed by atoms with Crippen molar-refractivity contribution in [2.24, 2.45) is 0 Å². The maximum absolute atomic E-state index is 5.30. The van der Waals surface area contributed by atoms with Gasteiger partial charge in [-0.3, -0.25) is 0 Å². The molecule has 0 spiro atoms. The first-order valence-corrected chi connectivity index (χ1v) is 7.33. The summed E-state index contributed by atoms with van der Waals surface area (Å²) in [6, 6.07) is 11.3. The lowest BCUT2D eigenvalue weighted by Crippen LogP contribution is -2.28. The second kappa shape index (κ2) is 7.34. The minimum atomic E-state index is 0.519. The van der Waals surface area contributed by atoms with Crippen molar-refractivity contribution in [3.05, 3.63) is 48.2 Å². The largest absolute Gasteiger partial charge is 0.383 e. The molecule has 2 nitrogen and oxygen atoms in total. The van der Waals surface area contributed by atoms with Crippen LogP contribution in [0.15, 0.2) is 42.6 Å². The highest BCUT2D eigenvalue weighted by atomic mass is 16.5. The van der Waals surface area contributed by atoms with Crippen LogP contribution in [0.2, 0.25) is 0 Å². The molecule has 1 aliphatic heterocycles. The van der Waals surface area contributed by atoms with Crippen molar-refractivity contribution in [1.82, 2.24) is 4.90 Å². The Morgan fingerprint density at radius 2 is 2.16 bits per heavy atom. The Kier molecular flexibility index (Phi) is 5.46. The number of nitrogens with zero attached hydrogens (tertiary/aromatic N) is 1. The maximum atomic E-state index is 5.30. The van der Waals surface area contributed by atoms with Gasteiger partial charge in [0.25, 0.3) is 0 Å². The molecule has 1 saturated heterocycles. The van der Waals surface area contributed by atoms with E-state index in [1.807, 2.05) is 0 Å². The van der Waals surface area contributed by atoms with E-state index < -0.39 is 0 Å². The van der Waals surface area contributed by atoms with Crippen LogP contribution in [0, 0.1) is 0 Å². The molecule has 0 bridgehead atoms. The Hall–Kier alpha value is -1.28. The molecule has 1 fully saturated rings. The topological polar surface area (TPSA) is 12.5 Å². The average Bonchev–Trinajstić information content (AvgIpc) is 2.89. The van der Waals surface area contributed by atoms with Gasteiger partial charge in [-0.25, -0.2) is 0 Å². The first-order valence-electron chi connectivity index (χ1n) is 7.33. The van der Waals surface area contributed by atoms with Crippen LogP contribution in [0.5, 0.6) is 0 Å². The van der Waals surface area contributed by atoms with E-state index in [9.17, 15) is 0 Å². The molecule has 2 atom stereocenters. The summed E-state index contributed by atoms with van der Waals surface area (Å²) < 4.78 is 5.30. The molecule has 0 aromatic heterocycles. The Morgan fingerprint density at radius 1 is 1.37 bits per heavy atom. The second-order valence-electron chi connectivity index (χ2n) is 5.26. The van der Waals surface area contributed by atoms with Gasteiger partial charge in [-0.2, -0.15) is 0 Å². The van der Waals surface area contributed by atoms with Crippen LogP contribution in [-0.2, 0) is 4.74 Å². The van der Waals surface area contributed by atoms with E-state index >= 15 is 0 Å². The fraction of sp³-hybridized carbons (Fsp3) is 0.529. The Labute approximate surface area is 117 Å². The molecule has 19 heavy (non-hydrogen) atoms. The summed E-state index contributed by atoms with van der Waals surface area (Å²) in [5, 5.41) is 0. The van der Waals surface area contributed by atoms with Crippen LogP contribution in [0.4, 0.5) is 0 Å². The van der Waals surface area contributed by atoms with Gasteiger partial charge in [0.05, 0.1) is 12.6 Å². The number of ether oxygens (including phenoxy) is 1. The van der Waals surface area contributed by atoms with Gasteiger partial charge < -0.3 is 9.64 Å². The van der Waals surface area contributed by atoms with E-state index in [4.69, 9.17) is 4.74 Å². The molecule has 1 aromatic carbocycles. The molecule has 2 heteroatoms. The summed E-state index contributed by atoms with van der Waals surface area (Å²) in [5.41, 5.74) is 1.41. The summed E-state index contributed by atoms with van der Waals surface area (Å²) in [6.45, 7) is 4.25. The van der Waals surface area contributed by atoms with Crippen LogP contribution in [0.25, 0.3) is 0 Å². The van der Waals surface area contributed by atoms with Crippen molar-refractivity contribution >= 4 is 0 Å². The summed E-state index contributed by atoms with van der Waals surface area (Å²) >= 11 is 0. The third-order valence-corrected chi connectivity index (χ3v) is 3.96. The van der Waals surface area contributed by atoms with Crippen molar-refractivity contribution in [3.8, 4) is 0 Å². The van der Waals surface area contributed by atoms with Crippen LogP contribution < -0.4 is 0 Å². The fourth-order valence-corrected chi connectivity index (χ4v) is 2.82. The van der Waals surface area contributed by atoms with E-state index in [1.165, 1.54) is 18.4 Å². The van der Waals surface area contributed by atoms with Crippen LogP contribution in [0.1, 0.15) is 37.7 Å². The minimum Gasteiger partial charge on any atom is -0.383 e. The molecular formula is C17H25NO. The number of likely N-dealkylation sites (tertiary alicyclic amines) is 1. The third kappa shape index (κ3) is 3.84. The smallest absolute Gasteiger partial charge is 0.0666 e. The van der Waals surface area contributed by atoms with Gasteiger partial charge in [0, 0.05) is 19.6 Å². The quantitative estimate of drug-likeness (QED) is 0.770. The molecule has 0 saturated carbocycles. The number of hydrogen-bond donors (Lipinski definition) is 0. The summed E-state index contributed by atoms with van der Waals surface area (Å²) in [7, 11) is 1.79. The Balaban J connectivity index is 1.99. The monoisotopic (exact) mass is 259 g/mol. The predicted octanol–water partition coefficient (Wildman–Crippen LogP) is 3.80. The van der Waals surface area contributed by atoms with Gasteiger partial charge in [0.15, 0.2) is 0 Å². The van der Waals surface area contributed by atoms with Gasteiger partial charge >= 0.3 is 0 Å². The summed E-state index contributed by atoms with van der Waals surface area (Å²) in [6.07, 6.45) is 8.31. The number of rotatable bonds is 6. The highest BCUT2D eigenvalue weighted by Crippen LogP contribution is 2.23. The molecule has 0 N–H and O–H groups in total. The second-order valence-corrected chi connectivity index (χ2v) is 5.26. The lowest BCUT2D eigenvalue weighted by Gasteiger charge is -2.23. The normalized spacial score (nSPS) is 21.2. The van der Waals surface area contributed by atoms with E-state index in [0.29, 0.717) is 12.0 Å². The molecule has 1 aliphatic rings. The Morgan fingerprint density at radius 3 is 2.84 bits per heavy atom. The summed E-state index contributed by atoms with van der Waals surface area (Å²) in [4.78, 5) is 2.44. The molecular weight excluding hydrogens is 234 g/mol. The van der Waals surface area contributed by atoms with Crippen LogP contribution in [-0.4, -0.2) is 31.2 Å². The SMILES string of the molecule is CCC(/C=C\N1CCC[C@H]1COC)c1ccccc1. The standard InChI is InChI=1S/C17H25NO/c1-3-15(16-8-5-4-6-9-16)11-13-18-12-7-10-17(18)14-19-2/h4-6,8-9,11,13,15,17H,3,7,10,12,14H2,1-2H3/b13-11-/t15?,17-/m0/s1. The lowest BCUT2D eigenvalue weighted by molar-refractivity contribution is 0.137. The molecule has 0 aliphatic carbocycles. The third-order valence-electron chi connectivity index (χ3n) is 3.96. The average molecular weight is 259 g/mol. The first-order chi connectivity index (χ1) is 9.35. The van der Waals surface area contributed by atoms with Crippen molar-refractivity contribution in [1.29, 1.82) is 0 Å². The predicted molar refractivity (Wildman–Crippen MR) is 80.2 cm³/mol. The van der Waals surface area contributed by atoms with Crippen molar-refractivity contribution in [2.75, 3.05) is 20.3 Å². The zero-order chi connectivity index (χ0) is 13.5. The van der Waals surface area contributed by atoms with Gasteiger partial charge in [0.2, 0.25) is 0 Å². The van der Waals surface area contributed by atoms with Crippen molar-refractivity contribution in [3.63, 3.8) is 0 Å². The molecule has 0 radical (unpaired) electrons. The maximum Gasteiger partial charge on any atom is 0.0666 e. The molecule has 0 amide bonds. The van der Waals surface area contributed by atoms with Crippen molar-refractivity contribution < 1.29 is 4.74 Å². The first kappa shape index (κ1) is 14.1.